The first-order valence-electron chi connectivity index (χ1n) is 11.7. The van der Waals surface area contributed by atoms with Crippen molar-refractivity contribution in [3.05, 3.63) is 18.2 Å². The Balaban J connectivity index is 1.62. The lowest BCUT2D eigenvalue weighted by atomic mass is 10.0. The number of anilines is 3. The van der Waals surface area contributed by atoms with Gasteiger partial charge in [-0.2, -0.15) is 0 Å². The third-order valence-corrected chi connectivity index (χ3v) is 6.93. The molecule has 5 heteroatoms. The largest absolute Gasteiger partial charge is 0.372 e. The van der Waals surface area contributed by atoms with E-state index in [2.05, 4.69) is 32.9 Å². The zero-order valence-corrected chi connectivity index (χ0v) is 17.5. The third kappa shape index (κ3) is 3.72. The number of benzene rings is 1. The van der Waals surface area contributed by atoms with Crippen molar-refractivity contribution in [3.8, 4) is 5.75 Å². The first-order valence-corrected chi connectivity index (χ1v) is 11.7. The van der Waals surface area contributed by atoms with Gasteiger partial charge in [0, 0.05) is 50.3 Å². The Morgan fingerprint density at radius 1 is 0.655 bits per heavy atom. The average Bonchev–Trinajstić information content (AvgIpc) is 2.80. The Kier molecular flexibility index (Phi) is 5.38. The normalized spacial score (nSPS) is 21.0. The maximum Gasteiger partial charge on any atom is 0.244 e. The fourth-order valence-corrected chi connectivity index (χ4v) is 5.30. The number of piperidine rings is 3. The molecule has 155 valence electrons. The van der Waals surface area contributed by atoms with Gasteiger partial charge < -0.3 is 14.7 Å². The maximum absolute atomic E-state index is 13.7. The molecule has 1 aromatic heterocycles. The minimum atomic E-state index is 0.150. The number of pyridine rings is 1. The predicted octanol–water partition coefficient (Wildman–Crippen LogP) is 5.35. The molecule has 1 aromatic carbocycles. The van der Waals surface area contributed by atoms with E-state index in [0.29, 0.717) is 5.82 Å². The van der Waals surface area contributed by atoms with Gasteiger partial charge in [-0.1, -0.05) is 0 Å². The maximum atomic E-state index is 13.7. The second-order valence-electron chi connectivity index (χ2n) is 8.96. The highest BCUT2D eigenvalue weighted by molar-refractivity contribution is 5.99. The topological polar surface area (TPSA) is 42.5 Å². The molecule has 1 radical (unpaired) electrons. The van der Waals surface area contributed by atoms with Gasteiger partial charge in [-0.3, -0.25) is 5.11 Å². The summed E-state index contributed by atoms with van der Waals surface area (Å²) in [7, 11) is 0. The highest BCUT2D eigenvalue weighted by Gasteiger charge is 2.27. The molecule has 5 nitrogen and oxygen atoms in total. The van der Waals surface area contributed by atoms with Crippen molar-refractivity contribution in [2.45, 2.75) is 57.8 Å². The summed E-state index contributed by atoms with van der Waals surface area (Å²) in [5.74, 6) is 0.834. The zero-order valence-electron chi connectivity index (χ0n) is 17.5. The van der Waals surface area contributed by atoms with Gasteiger partial charge in [0.05, 0.1) is 11.2 Å². The number of rotatable bonds is 3. The van der Waals surface area contributed by atoms with Crippen LogP contribution in [0, 0.1) is 0 Å². The fraction of sp³-hybridized carbons (Fsp3) is 0.625. The second-order valence-corrected chi connectivity index (χ2v) is 8.96. The van der Waals surface area contributed by atoms with Crippen LogP contribution in [0.2, 0.25) is 0 Å². The van der Waals surface area contributed by atoms with E-state index in [9.17, 15) is 5.11 Å². The van der Waals surface area contributed by atoms with Gasteiger partial charge in [-0.05, 0) is 76.0 Å². The van der Waals surface area contributed by atoms with Crippen LogP contribution in [0.3, 0.4) is 0 Å². The summed E-state index contributed by atoms with van der Waals surface area (Å²) in [4.78, 5) is 12.0. The monoisotopic (exact) mass is 393 g/mol. The molecule has 0 bridgehead atoms. The second kappa shape index (κ2) is 8.29. The Labute approximate surface area is 174 Å². The van der Waals surface area contributed by atoms with E-state index in [0.717, 1.165) is 68.7 Å². The fourth-order valence-electron chi connectivity index (χ4n) is 5.30. The minimum Gasteiger partial charge on any atom is -0.372 e. The lowest BCUT2D eigenvalue weighted by Gasteiger charge is -2.34. The van der Waals surface area contributed by atoms with E-state index < -0.39 is 0 Å². The van der Waals surface area contributed by atoms with Crippen LogP contribution in [0.25, 0.3) is 10.9 Å². The van der Waals surface area contributed by atoms with Crippen LogP contribution >= 0.6 is 0 Å². The molecule has 2 aromatic rings. The summed E-state index contributed by atoms with van der Waals surface area (Å²) in [5, 5.41) is 14.8. The van der Waals surface area contributed by atoms with E-state index in [1.54, 1.807) is 0 Å². The van der Waals surface area contributed by atoms with E-state index in [4.69, 9.17) is 4.98 Å². The van der Waals surface area contributed by atoms with Gasteiger partial charge in [0.15, 0.2) is 5.82 Å². The van der Waals surface area contributed by atoms with Gasteiger partial charge in [-0.15, -0.1) is 0 Å². The van der Waals surface area contributed by atoms with Crippen molar-refractivity contribution >= 4 is 28.1 Å². The molecule has 3 fully saturated rings. The summed E-state index contributed by atoms with van der Waals surface area (Å²) in [6.45, 7) is 6.13. The average molecular weight is 394 g/mol. The highest BCUT2D eigenvalue weighted by atomic mass is 16.3. The van der Waals surface area contributed by atoms with Gasteiger partial charge >= 0.3 is 0 Å². The van der Waals surface area contributed by atoms with Crippen LogP contribution < -0.4 is 14.7 Å². The summed E-state index contributed by atoms with van der Waals surface area (Å²) in [6.07, 6.45) is 11.0. The Morgan fingerprint density at radius 3 is 1.83 bits per heavy atom. The first kappa shape index (κ1) is 18.8. The van der Waals surface area contributed by atoms with Crippen LogP contribution in [0.5, 0.6) is 5.75 Å². The van der Waals surface area contributed by atoms with Crippen molar-refractivity contribution in [1.29, 1.82) is 0 Å². The molecular formula is C24H33N4O. The van der Waals surface area contributed by atoms with E-state index in [1.165, 1.54) is 50.6 Å². The molecule has 0 amide bonds. The molecule has 3 aliphatic heterocycles. The molecule has 3 aliphatic rings. The van der Waals surface area contributed by atoms with E-state index in [1.807, 2.05) is 0 Å². The molecule has 0 saturated carbocycles. The van der Waals surface area contributed by atoms with Crippen molar-refractivity contribution in [3.63, 3.8) is 0 Å². The predicted molar refractivity (Wildman–Crippen MR) is 120 cm³/mol. The Bertz CT molecular complexity index is 850. The van der Waals surface area contributed by atoms with Crippen LogP contribution in [-0.2, 0) is 5.11 Å². The molecule has 0 aliphatic carbocycles. The van der Waals surface area contributed by atoms with Crippen LogP contribution in [-0.4, -0.2) is 44.3 Å². The number of aromatic nitrogens is 1. The van der Waals surface area contributed by atoms with Gasteiger partial charge in [0.25, 0.3) is 0 Å². The van der Waals surface area contributed by atoms with Crippen molar-refractivity contribution < 1.29 is 5.11 Å². The molecule has 3 saturated heterocycles. The molecule has 0 atom stereocenters. The zero-order chi connectivity index (χ0) is 19.6. The van der Waals surface area contributed by atoms with Crippen molar-refractivity contribution in [1.82, 2.24) is 4.98 Å². The smallest absolute Gasteiger partial charge is 0.244 e. The molecule has 0 N–H and O–H groups in total. The number of fused-ring (bicyclic) bond motifs is 1. The summed E-state index contributed by atoms with van der Waals surface area (Å²) < 4.78 is 0. The molecule has 5 rings (SSSR count). The number of nitrogens with zero attached hydrogens (tertiary/aromatic N) is 4. The van der Waals surface area contributed by atoms with Crippen LogP contribution in [0.15, 0.2) is 18.2 Å². The Morgan fingerprint density at radius 2 is 1.21 bits per heavy atom. The quantitative estimate of drug-likeness (QED) is 0.705. The lowest BCUT2D eigenvalue weighted by Crippen LogP contribution is -2.32. The van der Waals surface area contributed by atoms with Crippen molar-refractivity contribution in [2.75, 3.05) is 54.0 Å². The number of hydrogen-bond acceptors (Lipinski definition) is 4. The standard InChI is InChI=1S/C24H33N4O/c29-23-22(27-14-6-2-7-15-27)20-18-19(26-12-4-1-5-13-26)10-11-21(20)25-24(23)28-16-8-3-9-17-28/h10-11,18H,1-9,12-17H2. The first-order chi connectivity index (χ1) is 14.3. The molecule has 29 heavy (non-hydrogen) atoms. The molecular weight excluding hydrogens is 360 g/mol. The summed E-state index contributed by atoms with van der Waals surface area (Å²) in [5.41, 5.74) is 3.14. The summed E-state index contributed by atoms with van der Waals surface area (Å²) >= 11 is 0. The lowest BCUT2D eigenvalue weighted by molar-refractivity contribution is 0.352. The Hall–Kier alpha value is -2.17. The molecule has 4 heterocycles. The summed E-state index contributed by atoms with van der Waals surface area (Å²) in [6, 6.07) is 6.61. The van der Waals surface area contributed by atoms with Crippen molar-refractivity contribution in [2.24, 2.45) is 0 Å². The minimum absolute atomic E-state index is 0.150. The van der Waals surface area contributed by atoms with Gasteiger partial charge in [0.2, 0.25) is 5.75 Å². The molecule has 0 spiro atoms. The van der Waals surface area contributed by atoms with Gasteiger partial charge in [0.1, 0.15) is 0 Å². The third-order valence-electron chi connectivity index (χ3n) is 6.93. The highest BCUT2D eigenvalue weighted by Crippen LogP contribution is 2.44. The van der Waals surface area contributed by atoms with E-state index >= 15 is 0 Å². The molecule has 0 unspecified atom stereocenters. The SMILES string of the molecule is [O]c1c(N2CCCCC2)nc2ccc(N3CCCCC3)cc2c1N1CCCCC1. The van der Waals surface area contributed by atoms with E-state index in [-0.39, 0.29) is 5.75 Å². The van der Waals surface area contributed by atoms with Gasteiger partial charge in [-0.25, -0.2) is 4.98 Å². The number of hydrogen-bond donors (Lipinski definition) is 0. The van der Waals surface area contributed by atoms with Crippen LogP contribution in [0.4, 0.5) is 17.2 Å². The van der Waals surface area contributed by atoms with Crippen LogP contribution in [0.1, 0.15) is 57.8 Å².